The minimum atomic E-state index is 0.360. The van der Waals surface area contributed by atoms with E-state index < -0.39 is 0 Å². The zero-order valence-corrected chi connectivity index (χ0v) is 11.8. The smallest absolute Gasteiger partial charge is 0.0772 e. The summed E-state index contributed by atoms with van der Waals surface area (Å²) < 4.78 is 5.61. The van der Waals surface area contributed by atoms with Crippen LogP contribution in [0, 0.1) is 0 Å². The lowest BCUT2D eigenvalue weighted by Crippen LogP contribution is -2.38. The molecule has 1 aliphatic rings. The van der Waals surface area contributed by atoms with Crippen molar-refractivity contribution in [3.8, 4) is 0 Å². The summed E-state index contributed by atoms with van der Waals surface area (Å²) in [6.07, 6.45) is 5.35. The number of benzene rings is 1. The van der Waals surface area contributed by atoms with Gasteiger partial charge in [-0.15, -0.1) is 0 Å². The molecular weight excluding hydrogens is 222 g/mol. The van der Waals surface area contributed by atoms with Crippen LogP contribution in [0.3, 0.4) is 0 Å². The maximum absolute atomic E-state index is 5.61. The highest BCUT2D eigenvalue weighted by Gasteiger charge is 2.25. The summed E-state index contributed by atoms with van der Waals surface area (Å²) in [5, 5.41) is 3.71. The van der Waals surface area contributed by atoms with E-state index in [4.69, 9.17) is 4.74 Å². The van der Waals surface area contributed by atoms with Crippen LogP contribution in [0.25, 0.3) is 0 Å². The van der Waals surface area contributed by atoms with Gasteiger partial charge < -0.3 is 10.1 Å². The van der Waals surface area contributed by atoms with E-state index in [2.05, 4.69) is 43.4 Å². The van der Waals surface area contributed by atoms with Crippen LogP contribution in [0.1, 0.15) is 51.0 Å². The van der Waals surface area contributed by atoms with Crippen molar-refractivity contribution in [1.29, 1.82) is 0 Å². The van der Waals surface area contributed by atoms with Crippen LogP contribution in [0.4, 0.5) is 5.69 Å². The molecule has 2 atom stereocenters. The number of nitrogens with one attached hydrogen (secondary N) is 1. The number of rotatable bonds is 4. The number of anilines is 1. The lowest BCUT2D eigenvalue weighted by molar-refractivity contribution is 0.0606. The summed E-state index contributed by atoms with van der Waals surface area (Å²) >= 11 is 0. The van der Waals surface area contributed by atoms with Crippen LogP contribution >= 0.6 is 0 Å². The van der Waals surface area contributed by atoms with E-state index in [1.165, 1.54) is 36.9 Å². The van der Waals surface area contributed by atoms with Gasteiger partial charge in [0.2, 0.25) is 0 Å². The molecule has 1 N–H and O–H groups in total. The Bertz CT molecular complexity index is 375. The summed E-state index contributed by atoms with van der Waals surface area (Å²) in [5.41, 5.74) is 2.68. The average Bonchev–Trinajstić information content (AvgIpc) is 2.40. The van der Waals surface area contributed by atoms with Gasteiger partial charge in [0.25, 0.3) is 0 Å². The third kappa shape index (κ3) is 3.05. The number of hydrogen-bond acceptors (Lipinski definition) is 2. The minimum absolute atomic E-state index is 0.360. The van der Waals surface area contributed by atoms with E-state index in [0.717, 1.165) is 0 Å². The van der Waals surface area contributed by atoms with Crippen molar-refractivity contribution in [1.82, 2.24) is 0 Å². The van der Waals surface area contributed by atoms with Crippen molar-refractivity contribution in [2.45, 2.75) is 57.6 Å². The first kappa shape index (κ1) is 13.4. The Morgan fingerprint density at radius 2 is 1.89 bits per heavy atom. The molecule has 0 amide bonds. The first-order valence-corrected chi connectivity index (χ1v) is 7.10. The van der Waals surface area contributed by atoms with Crippen LogP contribution in [0.2, 0.25) is 0 Å². The first-order chi connectivity index (χ1) is 8.72. The van der Waals surface area contributed by atoms with Gasteiger partial charge in [0, 0.05) is 12.8 Å². The van der Waals surface area contributed by atoms with Crippen molar-refractivity contribution in [3.05, 3.63) is 29.8 Å². The largest absolute Gasteiger partial charge is 0.379 e. The third-order valence-corrected chi connectivity index (χ3v) is 3.93. The second-order valence-corrected chi connectivity index (χ2v) is 5.55. The van der Waals surface area contributed by atoms with Gasteiger partial charge in [0.1, 0.15) is 0 Å². The molecule has 1 saturated carbocycles. The highest BCUT2D eigenvalue weighted by Crippen LogP contribution is 2.28. The maximum atomic E-state index is 5.61. The monoisotopic (exact) mass is 247 g/mol. The predicted molar refractivity (Wildman–Crippen MR) is 77.2 cm³/mol. The van der Waals surface area contributed by atoms with Gasteiger partial charge in [-0.25, -0.2) is 0 Å². The molecule has 0 aliphatic heterocycles. The number of hydrogen-bond donors (Lipinski definition) is 1. The minimum Gasteiger partial charge on any atom is -0.379 e. The van der Waals surface area contributed by atoms with E-state index in [9.17, 15) is 0 Å². The molecule has 0 radical (unpaired) electrons. The van der Waals surface area contributed by atoms with Crippen molar-refractivity contribution in [2.75, 3.05) is 12.4 Å². The molecule has 0 heterocycles. The second-order valence-electron chi connectivity index (χ2n) is 5.55. The van der Waals surface area contributed by atoms with Gasteiger partial charge in [-0.2, -0.15) is 0 Å². The standard InChI is InChI=1S/C16H25NO/c1-12(2)13-8-4-5-9-14(13)17-15-10-6-7-11-16(15)18-3/h4-5,8-9,12,15-17H,6-7,10-11H2,1-3H3. The van der Waals surface area contributed by atoms with E-state index in [1.807, 2.05) is 7.11 Å². The molecule has 0 aromatic heterocycles. The highest BCUT2D eigenvalue weighted by atomic mass is 16.5. The molecule has 1 aromatic rings. The Balaban J connectivity index is 2.12. The average molecular weight is 247 g/mol. The summed E-state index contributed by atoms with van der Waals surface area (Å²) in [6, 6.07) is 9.10. The Hall–Kier alpha value is -1.02. The maximum Gasteiger partial charge on any atom is 0.0772 e. The molecule has 0 saturated heterocycles. The van der Waals surface area contributed by atoms with Gasteiger partial charge >= 0.3 is 0 Å². The third-order valence-electron chi connectivity index (χ3n) is 3.93. The molecule has 2 rings (SSSR count). The predicted octanol–water partition coefficient (Wildman–Crippen LogP) is 4.18. The summed E-state index contributed by atoms with van der Waals surface area (Å²) in [6.45, 7) is 4.49. The van der Waals surface area contributed by atoms with Gasteiger partial charge in [-0.1, -0.05) is 44.9 Å². The SMILES string of the molecule is COC1CCCCC1Nc1ccccc1C(C)C. The van der Waals surface area contributed by atoms with Crippen LogP contribution in [-0.2, 0) is 4.74 Å². The molecule has 0 spiro atoms. The molecule has 2 unspecified atom stereocenters. The van der Waals surface area contributed by atoms with Crippen molar-refractivity contribution >= 4 is 5.69 Å². The zero-order chi connectivity index (χ0) is 13.0. The lowest BCUT2D eigenvalue weighted by Gasteiger charge is -2.32. The Labute approximate surface area is 111 Å². The van der Waals surface area contributed by atoms with Gasteiger partial charge in [0.05, 0.1) is 12.1 Å². The lowest BCUT2D eigenvalue weighted by atomic mass is 9.91. The van der Waals surface area contributed by atoms with Crippen molar-refractivity contribution < 1.29 is 4.74 Å². The fourth-order valence-corrected chi connectivity index (χ4v) is 2.88. The quantitative estimate of drug-likeness (QED) is 0.861. The number of para-hydroxylation sites is 1. The molecule has 2 nitrogen and oxygen atoms in total. The first-order valence-electron chi connectivity index (χ1n) is 7.10. The van der Waals surface area contributed by atoms with Gasteiger partial charge in [0.15, 0.2) is 0 Å². The highest BCUT2D eigenvalue weighted by molar-refractivity contribution is 5.53. The molecular formula is C16H25NO. The van der Waals surface area contributed by atoms with Crippen molar-refractivity contribution in [3.63, 3.8) is 0 Å². The summed E-state index contributed by atoms with van der Waals surface area (Å²) in [5.74, 6) is 0.554. The Morgan fingerprint density at radius 1 is 1.17 bits per heavy atom. The van der Waals surface area contributed by atoms with E-state index in [-0.39, 0.29) is 0 Å². The van der Waals surface area contributed by atoms with Crippen molar-refractivity contribution in [2.24, 2.45) is 0 Å². The van der Waals surface area contributed by atoms with Gasteiger partial charge in [-0.05, 0) is 30.4 Å². The summed E-state index contributed by atoms with van der Waals surface area (Å²) in [4.78, 5) is 0. The van der Waals surface area contributed by atoms with Gasteiger partial charge in [-0.3, -0.25) is 0 Å². The fourth-order valence-electron chi connectivity index (χ4n) is 2.88. The van der Waals surface area contributed by atoms with E-state index in [1.54, 1.807) is 0 Å². The molecule has 2 heteroatoms. The second kappa shape index (κ2) is 6.24. The molecule has 0 bridgehead atoms. The number of methoxy groups -OCH3 is 1. The molecule has 1 aliphatic carbocycles. The van der Waals surface area contributed by atoms with Crippen LogP contribution < -0.4 is 5.32 Å². The van der Waals surface area contributed by atoms with E-state index >= 15 is 0 Å². The Morgan fingerprint density at radius 3 is 2.61 bits per heavy atom. The van der Waals surface area contributed by atoms with Crippen LogP contribution in [-0.4, -0.2) is 19.3 Å². The summed E-state index contributed by atoms with van der Waals surface area (Å²) in [7, 11) is 1.83. The van der Waals surface area contributed by atoms with Crippen LogP contribution in [0.5, 0.6) is 0 Å². The van der Waals surface area contributed by atoms with Crippen LogP contribution in [0.15, 0.2) is 24.3 Å². The molecule has 18 heavy (non-hydrogen) atoms. The normalized spacial score (nSPS) is 24.2. The number of ether oxygens (including phenoxy) is 1. The topological polar surface area (TPSA) is 21.3 Å². The zero-order valence-electron chi connectivity index (χ0n) is 11.8. The fraction of sp³-hybridized carbons (Fsp3) is 0.625. The Kier molecular flexibility index (Phi) is 4.65. The molecule has 1 fully saturated rings. The van der Waals surface area contributed by atoms with E-state index in [0.29, 0.717) is 18.1 Å². The molecule has 100 valence electrons. The molecule has 1 aromatic carbocycles.